The molecule has 1 unspecified atom stereocenters. The first-order chi connectivity index (χ1) is 7.75. The summed E-state index contributed by atoms with van der Waals surface area (Å²) in [6.07, 6.45) is 9.36. The van der Waals surface area contributed by atoms with Crippen molar-refractivity contribution in [3.05, 3.63) is 0 Å². The van der Waals surface area contributed by atoms with Crippen LogP contribution < -0.4 is 11.1 Å². The van der Waals surface area contributed by atoms with Crippen molar-refractivity contribution in [2.24, 2.45) is 22.6 Å². The summed E-state index contributed by atoms with van der Waals surface area (Å²) in [5.41, 5.74) is 5.91. The minimum Gasteiger partial charge on any atom is -0.370 e. The first kappa shape index (κ1) is 11.7. The van der Waals surface area contributed by atoms with Crippen molar-refractivity contribution < 1.29 is 0 Å². The average molecular weight is 223 g/mol. The topological polar surface area (TPSA) is 50.4 Å². The number of nitrogens with one attached hydrogen (secondary N) is 1. The van der Waals surface area contributed by atoms with E-state index in [0.717, 1.165) is 12.5 Å². The molecule has 0 saturated heterocycles. The van der Waals surface area contributed by atoms with Crippen molar-refractivity contribution in [1.82, 2.24) is 5.32 Å². The Hall–Kier alpha value is -0.730. The zero-order valence-corrected chi connectivity index (χ0v) is 10.4. The zero-order valence-electron chi connectivity index (χ0n) is 10.4. The maximum atomic E-state index is 5.91. The van der Waals surface area contributed by atoms with E-state index in [0.29, 0.717) is 17.9 Å². The van der Waals surface area contributed by atoms with Gasteiger partial charge in [-0.3, -0.25) is 4.99 Å². The summed E-state index contributed by atoms with van der Waals surface area (Å²) < 4.78 is 0. The second-order valence-electron chi connectivity index (χ2n) is 5.52. The van der Waals surface area contributed by atoms with Crippen LogP contribution >= 0.6 is 0 Å². The van der Waals surface area contributed by atoms with Gasteiger partial charge in [-0.1, -0.05) is 26.2 Å². The van der Waals surface area contributed by atoms with Crippen LogP contribution in [-0.2, 0) is 0 Å². The van der Waals surface area contributed by atoms with Crippen molar-refractivity contribution in [3.8, 4) is 0 Å². The molecule has 2 aliphatic rings. The van der Waals surface area contributed by atoms with Crippen molar-refractivity contribution in [2.75, 3.05) is 6.54 Å². The van der Waals surface area contributed by atoms with Gasteiger partial charge in [0.15, 0.2) is 5.96 Å². The fraction of sp³-hybridized carbons (Fsp3) is 0.923. The molecule has 2 fully saturated rings. The third kappa shape index (κ3) is 3.69. The molecule has 0 spiro atoms. The largest absolute Gasteiger partial charge is 0.370 e. The van der Waals surface area contributed by atoms with Crippen LogP contribution in [0, 0.1) is 11.8 Å². The highest BCUT2D eigenvalue weighted by molar-refractivity contribution is 5.78. The van der Waals surface area contributed by atoms with Crippen LogP contribution in [0.3, 0.4) is 0 Å². The van der Waals surface area contributed by atoms with E-state index in [1.165, 1.54) is 44.9 Å². The van der Waals surface area contributed by atoms with Gasteiger partial charge >= 0.3 is 0 Å². The second-order valence-corrected chi connectivity index (χ2v) is 5.52. The van der Waals surface area contributed by atoms with Gasteiger partial charge in [0.25, 0.3) is 0 Å². The van der Waals surface area contributed by atoms with E-state index < -0.39 is 0 Å². The molecule has 0 aromatic rings. The standard InChI is InChI=1S/C13H25N3/c1-10(11-7-8-11)9-15-13(14)16-12-5-3-2-4-6-12/h10-12H,2-9H2,1H3,(H3,14,15,16). The van der Waals surface area contributed by atoms with Gasteiger partial charge in [0.1, 0.15) is 0 Å². The van der Waals surface area contributed by atoms with Crippen LogP contribution in [0.2, 0.25) is 0 Å². The van der Waals surface area contributed by atoms with Crippen molar-refractivity contribution in [2.45, 2.75) is 57.9 Å². The van der Waals surface area contributed by atoms with Crippen LogP contribution in [0.4, 0.5) is 0 Å². The third-order valence-corrected chi connectivity index (χ3v) is 3.93. The van der Waals surface area contributed by atoms with Crippen molar-refractivity contribution >= 4 is 5.96 Å². The second kappa shape index (κ2) is 5.55. The van der Waals surface area contributed by atoms with E-state index in [1.54, 1.807) is 0 Å². The van der Waals surface area contributed by atoms with Gasteiger partial charge < -0.3 is 11.1 Å². The first-order valence-corrected chi connectivity index (χ1v) is 6.82. The van der Waals surface area contributed by atoms with E-state index in [1.807, 2.05) is 0 Å². The first-order valence-electron chi connectivity index (χ1n) is 6.82. The van der Waals surface area contributed by atoms with Crippen LogP contribution in [0.15, 0.2) is 4.99 Å². The van der Waals surface area contributed by atoms with E-state index in [4.69, 9.17) is 5.73 Å². The molecular weight excluding hydrogens is 198 g/mol. The van der Waals surface area contributed by atoms with Gasteiger partial charge in [-0.2, -0.15) is 0 Å². The lowest BCUT2D eigenvalue weighted by Gasteiger charge is -2.23. The lowest BCUT2D eigenvalue weighted by atomic mass is 9.96. The molecule has 0 aromatic carbocycles. The Labute approximate surface area is 98.9 Å². The van der Waals surface area contributed by atoms with Crippen LogP contribution in [0.1, 0.15) is 51.9 Å². The molecule has 16 heavy (non-hydrogen) atoms. The number of nitrogens with two attached hydrogens (primary N) is 1. The molecule has 2 saturated carbocycles. The third-order valence-electron chi connectivity index (χ3n) is 3.93. The van der Waals surface area contributed by atoms with Crippen molar-refractivity contribution in [1.29, 1.82) is 0 Å². The molecule has 0 aliphatic heterocycles. The van der Waals surface area contributed by atoms with E-state index >= 15 is 0 Å². The fourth-order valence-electron chi connectivity index (χ4n) is 2.56. The number of hydrogen-bond donors (Lipinski definition) is 2. The van der Waals surface area contributed by atoms with E-state index in [2.05, 4.69) is 17.2 Å². The summed E-state index contributed by atoms with van der Waals surface area (Å²) in [4.78, 5) is 4.46. The highest BCUT2D eigenvalue weighted by atomic mass is 15.1. The maximum absolute atomic E-state index is 5.91. The number of rotatable bonds is 4. The predicted octanol–water partition coefficient (Wildman–Crippen LogP) is 2.27. The minimum absolute atomic E-state index is 0.578. The Morgan fingerprint density at radius 3 is 2.56 bits per heavy atom. The summed E-state index contributed by atoms with van der Waals surface area (Å²) >= 11 is 0. The average Bonchev–Trinajstić information content (AvgIpc) is 3.11. The van der Waals surface area contributed by atoms with Gasteiger partial charge in [0.2, 0.25) is 0 Å². The summed E-state index contributed by atoms with van der Waals surface area (Å²) in [5.74, 6) is 2.30. The van der Waals surface area contributed by atoms with Crippen molar-refractivity contribution in [3.63, 3.8) is 0 Å². The Morgan fingerprint density at radius 2 is 1.94 bits per heavy atom. The van der Waals surface area contributed by atoms with Gasteiger partial charge in [0, 0.05) is 12.6 Å². The number of nitrogens with zero attached hydrogens (tertiary/aromatic N) is 1. The number of aliphatic imine (C=N–C) groups is 1. The maximum Gasteiger partial charge on any atom is 0.188 e. The molecule has 3 nitrogen and oxygen atoms in total. The monoisotopic (exact) mass is 223 g/mol. The van der Waals surface area contributed by atoms with Crippen LogP contribution in [-0.4, -0.2) is 18.5 Å². The molecular formula is C13H25N3. The SMILES string of the molecule is CC(CN=C(N)NC1CCCCC1)C1CC1. The molecule has 3 heteroatoms. The van der Waals surface area contributed by atoms with Gasteiger partial charge in [-0.05, 0) is 37.5 Å². The molecule has 0 bridgehead atoms. The van der Waals surface area contributed by atoms with E-state index in [-0.39, 0.29) is 0 Å². The summed E-state index contributed by atoms with van der Waals surface area (Å²) in [6, 6.07) is 0.578. The summed E-state index contributed by atoms with van der Waals surface area (Å²) in [5, 5.41) is 3.36. The van der Waals surface area contributed by atoms with Gasteiger partial charge in [-0.15, -0.1) is 0 Å². The molecule has 1 atom stereocenters. The molecule has 0 heterocycles. The lowest BCUT2D eigenvalue weighted by Crippen LogP contribution is -2.41. The zero-order chi connectivity index (χ0) is 11.4. The van der Waals surface area contributed by atoms with Crippen LogP contribution in [0.25, 0.3) is 0 Å². The highest BCUT2D eigenvalue weighted by Gasteiger charge is 2.27. The molecule has 0 radical (unpaired) electrons. The molecule has 0 aromatic heterocycles. The summed E-state index contributed by atoms with van der Waals surface area (Å²) in [7, 11) is 0. The summed E-state index contributed by atoms with van der Waals surface area (Å²) in [6.45, 7) is 3.19. The highest BCUT2D eigenvalue weighted by Crippen LogP contribution is 2.36. The van der Waals surface area contributed by atoms with Gasteiger partial charge in [0.05, 0.1) is 0 Å². The van der Waals surface area contributed by atoms with Crippen LogP contribution in [0.5, 0.6) is 0 Å². The fourth-order valence-corrected chi connectivity index (χ4v) is 2.56. The normalized spacial score (nSPS) is 25.4. The number of hydrogen-bond acceptors (Lipinski definition) is 1. The predicted molar refractivity (Wildman–Crippen MR) is 68.4 cm³/mol. The quantitative estimate of drug-likeness (QED) is 0.567. The minimum atomic E-state index is 0.578. The van der Waals surface area contributed by atoms with E-state index in [9.17, 15) is 0 Å². The Balaban J connectivity index is 1.68. The smallest absolute Gasteiger partial charge is 0.188 e. The Bertz CT molecular complexity index is 240. The molecule has 92 valence electrons. The molecule has 2 aliphatic carbocycles. The molecule has 2 rings (SSSR count). The molecule has 0 amide bonds. The molecule has 3 N–H and O–H groups in total. The van der Waals surface area contributed by atoms with Gasteiger partial charge in [-0.25, -0.2) is 0 Å². The Morgan fingerprint density at radius 1 is 1.25 bits per heavy atom. The number of guanidine groups is 1. The Kier molecular flexibility index (Phi) is 4.08. The lowest BCUT2D eigenvalue weighted by molar-refractivity contribution is 0.411.